The Kier molecular flexibility index (Phi) is 2.86. The fraction of sp³-hybridized carbons (Fsp3) is 1.00. The molecule has 2 aliphatic rings. The van der Waals surface area contributed by atoms with E-state index in [1.807, 2.05) is 0 Å². The smallest absolute Gasteiger partial charge is 0.0697 e. The zero-order valence-electron chi connectivity index (χ0n) is 8.51. The third-order valence-corrected chi connectivity index (χ3v) is 4.51. The number of rotatable bonds is 2. The summed E-state index contributed by atoms with van der Waals surface area (Å²) in [7, 11) is 0. The van der Waals surface area contributed by atoms with Gasteiger partial charge < -0.3 is 10.1 Å². The third kappa shape index (κ3) is 2.03. The highest BCUT2D eigenvalue weighted by Crippen LogP contribution is 2.47. The number of nitrogens with one attached hydrogen (secondary N) is 1. The Bertz CT molecular complexity index is 180. The summed E-state index contributed by atoms with van der Waals surface area (Å²) in [4.78, 5) is 0.386. The lowest BCUT2D eigenvalue weighted by molar-refractivity contribution is -0.0213. The van der Waals surface area contributed by atoms with Crippen molar-refractivity contribution in [2.24, 2.45) is 0 Å². The van der Waals surface area contributed by atoms with Crippen LogP contribution in [0.5, 0.6) is 0 Å². The van der Waals surface area contributed by atoms with Crippen LogP contribution in [0.25, 0.3) is 0 Å². The molecule has 1 atom stereocenters. The van der Waals surface area contributed by atoms with Crippen LogP contribution in [0, 0.1) is 0 Å². The summed E-state index contributed by atoms with van der Waals surface area (Å²) in [5.74, 6) is 0. The highest BCUT2D eigenvalue weighted by molar-refractivity contribution is 8.01. The van der Waals surface area contributed by atoms with Gasteiger partial charge in [0.25, 0.3) is 0 Å². The molecule has 1 saturated heterocycles. The summed E-state index contributed by atoms with van der Waals surface area (Å²) < 4.78 is 5.59. The molecule has 1 heterocycles. The third-order valence-electron chi connectivity index (χ3n) is 2.94. The molecule has 76 valence electrons. The quantitative estimate of drug-likeness (QED) is 0.738. The van der Waals surface area contributed by atoms with E-state index in [1.54, 1.807) is 0 Å². The molecule has 2 nitrogen and oxygen atoms in total. The van der Waals surface area contributed by atoms with Gasteiger partial charge in [-0.25, -0.2) is 0 Å². The van der Waals surface area contributed by atoms with Crippen molar-refractivity contribution in [2.45, 2.75) is 49.3 Å². The van der Waals surface area contributed by atoms with Gasteiger partial charge in [0.05, 0.1) is 11.0 Å². The zero-order valence-corrected chi connectivity index (χ0v) is 9.32. The van der Waals surface area contributed by atoms with Gasteiger partial charge in [0.2, 0.25) is 0 Å². The zero-order chi connectivity index (χ0) is 9.31. The normalized spacial score (nSPS) is 44.8. The second-order valence-electron chi connectivity index (χ2n) is 4.12. The molecule has 0 radical (unpaired) electrons. The molecule has 1 aliphatic carbocycles. The van der Waals surface area contributed by atoms with Crippen molar-refractivity contribution < 1.29 is 4.74 Å². The van der Waals surface area contributed by atoms with Crippen molar-refractivity contribution in [2.75, 3.05) is 13.2 Å². The molecule has 2 fully saturated rings. The van der Waals surface area contributed by atoms with Crippen LogP contribution in [0.15, 0.2) is 0 Å². The van der Waals surface area contributed by atoms with E-state index in [-0.39, 0.29) is 0 Å². The van der Waals surface area contributed by atoms with Gasteiger partial charge >= 0.3 is 0 Å². The summed E-state index contributed by atoms with van der Waals surface area (Å²) >= 11 is 2.11. The predicted molar refractivity (Wildman–Crippen MR) is 57.1 cm³/mol. The predicted octanol–water partition coefficient (Wildman–Crippen LogP) is 2.00. The summed E-state index contributed by atoms with van der Waals surface area (Å²) in [6.45, 7) is 6.46. The maximum atomic E-state index is 5.59. The van der Waals surface area contributed by atoms with Gasteiger partial charge in [-0.2, -0.15) is 0 Å². The van der Waals surface area contributed by atoms with Gasteiger partial charge in [0, 0.05) is 24.7 Å². The molecule has 0 aromatic carbocycles. The Morgan fingerprint density at radius 3 is 2.92 bits per heavy atom. The topological polar surface area (TPSA) is 21.3 Å². The Hall–Kier alpha value is 0.270. The number of hydrogen-bond acceptors (Lipinski definition) is 3. The van der Waals surface area contributed by atoms with E-state index in [1.165, 1.54) is 25.8 Å². The number of hydrogen-bond donors (Lipinski definition) is 1. The van der Waals surface area contributed by atoms with Crippen LogP contribution in [-0.2, 0) is 4.74 Å². The van der Waals surface area contributed by atoms with E-state index in [4.69, 9.17) is 4.74 Å². The Morgan fingerprint density at radius 1 is 1.54 bits per heavy atom. The van der Waals surface area contributed by atoms with E-state index in [2.05, 4.69) is 30.9 Å². The number of ether oxygens (including phenoxy) is 1. The lowest BCUT2D eigenvalue weighted by atomic mass is 9.87. The molecule has 1 spiro atoms. The molecular formula is C10H19NOS. The van der Waals surface area contributed by atoms with Crippen molar-refractivity contribution >= 4 is 11.8 Å². The standard InChI is InChI=1S/C10H19NOS/c1-3-12-9-6-10(7-9)11-5-4-8(2)13-10/h8-9,11H,3-7H2,1-2H3. The summed E-state index contributed by atoms with van der Waals surface area (Å²) in [6.07, 6.45) is 4.24. The van der Waals surface area contributed by atoms with Crippen LogP contribution in [0.3, 0.4) is 0 Å². The van der Waals surface area contributed by atoms with Crippen LogP contribution in [0.2, 0.25) is 0 Å². The van der Waals surface area contributed by atoms with Crippen LogP contribution in [0.1, 0.15) is 33.1 Å². The maximum Gasteiger partial charge on any atom is 0.0697 e. The molecule has 0 bridgehead atoms. The van der Waals surface area contributed by atoms with E-state index in [0.717, 1.165) is 11.9 Å². The molecule has 2 rings (SSSR count). The molecule has 1 unspecified atom stereocenters. The van der Waals surface area contributed by atoms with E-state index >= 15 is 0 Å². The minimum Gasteiger partial charge on any atom is -0.378 e. The first-order chi connectivity index (χ1) is 6.24. The molecular weight excluding hydrogens is 182 g/mol. The minimum atomic E-state index is 0.386. The van der Waals surface area contributed by atoms with Crippen LogP contribution >= 0.6 is 11.8 Å². The van der Waals surface area contributed by atoms with Crippen molar-refractivity contribution in [3.8, 4) is 0 Å². The van der Waals surface area contributed by atoms with Crippen molar-refractivity contribution in [3.63, 3.8) is 0 Å². The Labute approximate surface area is 84.8 Å². The second kappa shape index (κ2) is 3.79. The van der Waals surface area contributed by atoms with Crippen LogP contribution in [0.4, 0.5) is 0 Å². The molecule has 3 heteroatoms. The molecule has 1 saturated carbocycles. The highest BCUT2D eigenvalue weighted by atomic mass is 32.2. The molecule has 1 N–H and O–H groups in total. The van der Waals surface area contributed by atoms with Gasteiger partial charge in [0.15, 0.2) is 0 Å². The number of thioether (sulfide) groups is 1. The SMILES string of the molecule is CCOC1CC2(C1)NCCC(C)S2. The first-order valence-electron chi connectivity index (χ1n) is 5.28. The molecule has 0 amide bonds. The summed E-state index contributed by atoms with van der Waals surface area (Å²) in [5.41, 5.74) is 0. The van der Waals surface area contributed by atoms with Crippen molar-refractivity contribution in [3.05, 3.63) is 0 Å². The van der Waals surface area contributed by atoms with Gasteiger partial charge in [-0.15, -0.1) is 11.8 Å². The van der Waals surface area contributed by atoms with Crippen LogP contribution in [-0.4, -0.2) is 29.4 Å². The van der Waals surface area contributed by atoms with Gasteiger partial charge in [-0.1, -0.05) is 6.92 Å². The van der Waals surface area contributed by atoms with Crippen molar-refractivity contribution in [1.82, 2.24) is 5.32 Å². The maximum absolute atomic E-state index is 5.59. The minimum absolute atomic E-state index is 0.386. The first-order valence-corrected chi connectivity index (χ1v) is 6.16. The van der Waals surface area contributed by atoms with Gasteiger partial charge in [-0.3, -0.25) is 0 Å². The fourth-order valence-electron chi connectivity index (χ4n) is 2.26. The average Bonchev–Trinajstić information content (AvgIpc) is 2.02. The molecule has 0 aromatic heterocycles. The molecule has 13 heavy (non-hydrogen) atoms. The molecule has 1 aliphatic heterocycles. The lowest BCUT2D eigenvalue weighted by Gasteiger charge is -2.51. The summed E-state index contributed by atoms with van der Waals surface area (Å²) in [5, 5.41) is 4.46. The van der Waals surface area contributed by atoms with Gasteiger partial charge in [-0.05, 0) is 19.9 Å². The second-order valence-corrected chi connectivity index (χ2v) is 5.95. The van der Waals surface area contributed by atoms with E-state index < -0.39 is 0 Å². The van der Waals surface area contributed by atoms with Gasteiger partial charge in [0.1, 0.15) is 0 Å². The van der Waals surface area contributed by atoms with Crippen molar-refractivity contribution in [1.29, 1.82) is 0 Å². The lowest BCUT2D eigenvalue weighted by Crippen LogP contribution is -2.59. The average molecular weight is 201 g/mol. The fourth-order valence-corrected chi connectivity index (χ4v) is 4.01. The summed E-state index contributed by atoms with van der Waals surface area (Å²) in [6, 6.07) is 0. The highest BCUT2D eigenvalue weighted by Gasteiger charge is 2.47. The Morgan fingerprint density at radius 2 is 2.31 bits per heavy atom. The van der Waals surface area contributed by atoms with E-state index in [9.17, 15) is 0 Å². The van der Waals surface area contributed by atoms with E-state index in [0.29, 0.717) is 11.0 Å². The largest absolute Gasteiger partial charge is 0.378 e. The first kappa shape index (κ1) is 9.81. The molecule has 0 aromatic rings. The monoisotopic (exact) mass is 201 g/mol. The Balaban J connectivity index is 1.81. The van der Waals surface area contributed by atoms with Crippen LogP contribution < -0.4 is 5.32 Å².